The van der Waals surface area contributed by atoms with Crippen molar-refractivity contribution >= 4 is 11.7 Å². The number of Topliss-reactive ketones (excluding diaryl/α,β-unsaturated/α-hetero) is 1. The Balaban J connectivity index is 1.86. The van der Waals surface area contributed by atoms with E-state index in [1.54, 1.807) is 0 Å². The molecule has 0 amide bonds. The molecule has 0 aromatic rings. The highest BCUT2D eigenvalue weighted by Crippen LogP contribution is 2.38. The van der Waals surface area contributed by atoms with Gasteiger partial charge in [0, 0.05) is 32.1 Å². The van der Waals surface area contributed by atoms with Crippen molar-refractivity contribution in [3.63, 3.8) is 0 Å². The lowest BCUT2D eigenvalue weighted by molar-refractivity contribution is -0.314. The maximum absolute atomic E-state index is 16.6. The first kappa shape index (κ1) is 37.8. The van der Waals surface area contributed by atoms with Gasteiger partial charge in [-0.1, -0.05) is 0 Å². The van der Waals surface area contributed by atoms with Gasteiger partial charge in [0.2, 0.25) is 0 Å². The number of ether oxygens (including phenoxy) is 4. The number of ketones is 1. The number of nitrogens with two attached hydrogens (primary N) is 6. The van der Waals surface area contributed by atoms with E-state index < -0.39 is 110 Å². The number of nitrogens with one attached hydrogen (secondary N) is 1. The molecule has 0 bridgehead atoms. The van der Waals surface area contributed by atoms with Crippen molar-refractivity contribution in [2.45, 2.75) is 111 Å². The number of rotatable bonds is 15. The molecule has 1 saturated carbocycles. The number of aliphatic imine (C=N–C) groups is 1. The van der Waals surface area contributed by atoms with Crippen LogP contribution in [0.1, 0.15) is 25.7 Å². The summed E-state index contributed by atoms with van der Waals surface area (Å²) >= 11 is 0. The molecule has 0 aromatic heterocycles. The molecule has 45 heavy (non-hydrogen) atoms. The Labute approximate surface area is 260 Å². The molecule has 262 valence electrons. The normalized spacial score (nSPS) is 41.4. The number of hydrogen-bond acceptors (Lipinski definition) is 16. The number of aliphatic hydroxyl groups excluding tert-OH is 5. The van der Waals surface area contributed by atoms with Gasteiger partial charge in [-0.05, 0) is 31.7 Å². The maximum Gasteiger partial charge on any atom is 0.186 e. The van der Waals surface area contributed by atoms with Crippen LogP contribution in [0.25, 0.3) is 0 Å². The molecule has 0 radical (unpaired) electrons. The van der Waals surface area contributed by atoms with Crippen molar-refractivity contribution in [2.24, 2.45) is 45.3 Å². The SMILES string of the molecule is NCCNCC1O[C@H](O[C@@H]2C(N)C[C@@H](CC(=O)[C@@H](O)CCN)C(OC3O[C@H](CO)[C@@H](O)C(N=C(N)N)[C@H]3O)[C@H]2F)C(N)C[C@@H]1O. The summed E-state index contributed by atoms with van der Waals surface area (Å²) in [6.07, 6.45) is -15.8. The van der Waals surface area contributed by atoms with Gasteiger partial charge in [-0.2, -0.15) is 0 Å². The maximum atomic E-state index is 16.6. The summed E-state index contributed by atoms with van der Waals surface area (Å²) in [4.78, 5) is 16.6. The lowest BCUT2D eigenvalue weighted by atomic mass is 9.77. The highest BCUT2D eigenvalue weighted by molar-refractivity contribution is 5.83. The number of carbonyl (C=O) groups excluding carboxylic acids is 1. The molecule has 3 fully saturated rings. The molecule has 6 unspecified atom stereocenters. The first-order chi connectivity index (χ1) is 21.3. The van der Waals surface area contributed by atoms with Gasteiger partial charge in [-0.3, -0.25) is 4.79 Å². The summed E-state index contributed by atoms with van der Waals surface area (Å²) < 4.78 is 39.9. The molecular weight excluding hydrogens is 603 g/mol. The third kappa shape index (κ3) is 9.67. The van der Waals surface area contributed by atoms with Gasteiger partial charge in [-0.25, -0.2) is 9.38 Å². The standard InChI is InChI=1S/C26H51FN8O10/c27-18-22(44-25-21(41)19(35-26(32)33)20(40)17(9-36)43-25)10(6-14(38)13(37)1-2-28)5-11(30)23(18)45-24-12(31)7-15(39)16(42-24)8-34-4-3-29/h10-13,15-25,34,36-37,39-41H,1-9,28-31H2,(H4,32,33,35)/t10-,11?,12?,13-,15-,16?,17+,18+,19?,20+,21+,22?,23+,24+,25?/m0/s1. The van der Waals surface area contributed by atoms with Crippen molar-refractivity contribution in [2.75, 3.05) is 32.8 Å². The van der Waals surface area contributed by atoms with Crippen LogP contribution < -0.4 is 39.7 Å². The summed E-state index contributed by atoms with van der Waals surface area (Å²) in [5.74, 6) is -2.04. The fourth-order valence-corrected chi connectivity index (χ4v) is 5.96. The number of carbonyl (C=O) groups is 1. The minimum absolute atomic E-state index is 0.0152. The number of hydrogen-bond donors (Lipinski definition) is 12. The number of alkyl halides is 1. The van der Waals surface area contributed by atoms with Crippen LogP contribution in [-0.4, -0.2) is 156 Å². The average molecular weight is 655 g/mol. The molecule has 0 aromatic carbocycles. The molecule has 2 saturated heterocycles. The quantitative estimate of drug-likeness (QED) is 0.0443. The first-order valence-electron chi connectivity index (χ1n) is 15.1. The smallest absolute Gasteiger partial charge is 0.186 e. The van der Waals surface area contributed by atoms with Crippen LogP contribution in [0.15, 0.2) is 4.99 Å². The third-order valence-electron chi connectivity index (χ3n) is 8.36. The van der Waals surface area contributed by atoms with E-state index in [9.17, 15) is 30.3 Å². The average Bonchev–Trinajstić information content (AvgIpc) is 2.98. The van der Waals surface area contributed by atoms with E-state index in [0.717, 1.165) is 0 Å². The lowest BCUT2D eigenvalue weighted by Crippen LogP contribution is -2.64. The van der Waals surface area contributed by atoms with Crippen molar-refractivity contribution in [3.8, 4) is 0 Å². The highest BCUT2D eigenvalue weighted by Gasteiger charge is 2.52. The number of halogens is 1. The van der Waals surface area contributed by atoms with Gasteiger partial charge in [0.1, 0.15) is 36.6 Å². The van der Waals surface area contributed by atoms with Crippen molar-refractivity contribution in [1.29, 1.82) is 0 Å². The van der Waals surface area contributed by atoms with E-state index in [1.807, 2.05) is 0 Å². The largest absolute Gasteiger partial charge is 0.394 e. The van der Waals surface area contributed by atoms with Gasteiger partial charge < -0.3 is 84.2 Å². The van der Waals surface area contributed by atoms with Crippen LogP contribution in [0.2, 0.25) is 0 Å². The van der Waals surface area contributed by atoms with Crippen LogP contribution in [0.5, 0.6) is 0 Å². The minimum Gasteiger partial charge on any atom is -0.394 e. The molecule has 15 atom stereocenters. The van der Waals surface area contributed by atoms with Gasteiger partial charge >= 0.3 is 0 Å². The van der Waals surface area contributed by atoms with Gasteiger partial charge in [0.05, 0.1) is 31.0 Å². The summed E-state index contributed by atoms with van der Waals surface area (Å²) in [7, 11) is 0. The van der Waals surface area contributed by atoms with E-state index in [1.165, 1.54) is 0 Å². The Kier molecular flexibility index (Phi) is 14.7. The molecule has 2 aliphatic heterocycles. The summed E-state index contributed by atoms with van der Waals surface area (Å²) in [5.41, 5.74) is 34.5. The molecule has 19 heteroatoms. The Morgan fingerprint density at radius 3 is 2.27 bits per heavy atom. The van der Waals surface area contributed by atoms with E-state index in [2.05, 4.69) is 10.3 Å². The van der Waals surface area contributed by atoms with Crippen molar-refractivity contribution < 1.29 is 53.7 Å². The third-order valence-corrected chi connectivity index (χ3v) is 8.36. The molecule has 3 aliphatic rings. The molecule has 18 N–H and O–H groups in total. The topological polar surface area (TPSA) is 336 Å². The fraction of sp³-hybridized carbons (Fsp3) is 0.923. The molecular formula is C26H51FN8O10. The first-order valence-corrected chi connectivity index (χ1v) is 15.1. The minimum atomic E-state index is -2.06. The lowest BCUT2D eigenvalue weighted by Gasteiger charge is -2.48. The predicted molar refractivity (Wildman–Crippen MR) is 157 cm³/mol. The Bertz CT molecular complexity index is 957. The van der Waals surface area contributed by atoms with Gasteiger partial charge in [0.15, 0.2) is 30.5 Å². The second kappa shape index (κ2) is 17.5. The van der Waals surface area contributed by atoms with Gasteiger partial charge in [0.25, 0.3) is 0 Å². The predicted octanol–water partition coefficient (Wildman–Crippen LogP) is -6.46. The molecule has 18 nitrogen and oxygen atoms in total. The second-order valence-corrected chi connectivity index (χ2v) is 11.8. The zero-order chi connectivity index (χ0) is 33.4. The molecule has 3 rings (SSSR count). The summed E-state index contributed by atoms with van der Waals surface area (Å²) in [6.45, 7) is 0.379. The Morgan fingerprint density at radius 2 is 1.64 bits per heavy atom. The van der Waals surface area contributed by atoms with Crippen LogP contribution in [0.3, 0.4) is 0 Å². The molecule has 2 heterocycles. The van der Waals surface area contributed by atoms with Gasteiger partial charge in [-0.15, -0.1) is 0 Å². The van der Waals surface area contributed by atoms with Crippen LogP contribution >= 0.6 is 0 Å². The number of nitrogens with zero attached hydrogens (tertiary/aromatic N) is 1. The zero-order valence-electron chi connectivity index (χ0n) is 25.1. The highest BCUT2D eigenvalue weighted by atomic mass is 19.1. The van der Waals surface area contributed by atoms with Crippen LogP contribution in [-0.2, 0) is 23.7 Å². The summed E-state index contributed by atoms with van der Waals surface area (Å²) in [6, 6.07) is -3.25. The molecule has 0 spiro atoms. The van der Waals surface area contributed by atoms with Crippen molar-refractivity contribution in [3.05, 3.63) is 0 Å². The van der Waals surface area contributed by atoms with Crippen LogP contribution in [0, 0.1) is 5.92 Å². The fourth-order valence-electron chi connectivity index (χ4n) is 5.96. The van der Waals surface area contributed by atoms with E-state index >= 15 is 4.39 Å². The van der Waals surface area contributed by atoms with Crippen LogP contribution in [0.4, 0.5) is 4.39 Å². The Morgan fingerprint density at radius 1 is 0.978 bits per heavy atom. The van der Waals surface area contributed by atoms with E-state index in [0.29, 0.717) is 13.1 Å². The molecule has 1 aliphatic carbocycles. The van der Waals surface area contributed by atoms with E-state index in [4.69, 9.17) is 53.3 Å². The second-order valence-electron chi connectivity index (χ2n) is 11.8. The van der Waals surface area contributed by atoms with Crippen molar-refractivity contribution in [1.82, 2.24) is 5.32 Å². The monoisotopic (exact) mass is 654 g/mol. The summed E-state index contributed by atoms with van der Waals surface area (Å²) in [5, 5.41) is 55.0. The number of aliphatic hydroxyl groups is 5. The Hall–Kier alpha value is -1.69. The van der Waals surface area contributed by atoms with E-state index in [-0.39, 0.29) is 38.8 Å². The number of guanidine groups is 1. The zero-order valence-corrected chi connectivity index (χ0v) is 25.1.